The van der Waals surface area contributed by atoms with E-state index in [0.29, 0.717) is 5.92 Å². The lowest BCUT2D eigenvalue weighted by atomic mass is 10.1. The summed E-state index contributed by atoms with van der Waals surface area (Å²) in [5.41, 5.74) is 1.21. The summed E-state index contributed by atoms with van der Waals surface area (Å²) < 4.78 is 2.20. The molecule has 0 aliphatic heterocycles. The first-order valence-corrected chi connectivity index (χ1v) is 6.96. The molecular weight excluding hydrogens is 236 g/mol. The smallest absolute Gasteiger partial charge is 0.313 e. The third-order valence-corrected chi connectivity index (χ3v) is 3.88. The Morgan fingerprint density at radius 3 is 2.88 bits per heavy atom. The van der Waals surface area contributed by atoms with Gasteiger partial charge >= 0.3 is 5.97 Å². The molecule has 0 bridgehead atoms. The average Bonchev–Trinajstić information content (AvgIpc) is 2.95. The van der Waals surface area contributed by atoms with Crippen LogP contribution in [0.25, 0.3) is 0 Å². The number of carboxylic acids is 1. The van der Waals surface area contributed by atoms with E-state index in [1.54, 1.807) is 0 Å². The van der Waals surface area contributed by atoms with Crippen LogP contribution >= 0.6 is 11.8 Å². The van der Waals surface area contributed by atoms with Gasteiger partial charge in [-0.2, -0.15) is 0 Å². The molecule has 17 heavy (non-hydrogen) atoms. The van der Waals surface area contributed by atoms with Crippen molar-refractivity contribution in [2.24, 2.45) is 5.92 Å². The standard InChI is InChI=1S/C12H18N2O2S/c1-8(2)10-5-13-12(17-7-11(15)16)14(10)6-9-3-4-9/h5,8-9H,3-4,6-7H2,1-2H3,(H,15,16). The molecule has 2 rings (SSSR count). The van der Waals surface area contributed by atoms with Crippen LogP contribution in [0.2, 0.25) is 0 Å². The quantitative estimate of drug-likeness (QED) is 0.793. The number of nitrogens with zero attached hydrogens (tertiary/aromatic N) is 2. The molecule has 4 nitrogen and oxygen atoms in total. The van der Waals surface area contributed by atoms with E-state index in [1.807, 2.05) is 6.20 Å². The summed E-state index contributed by atoms with van der Waals surface area (Å²) in [5, 5.41) is 9.57. The monoisotopic (exact) mass is 254 g/mol. The number of hydrogen-bond acceptors (Lipinski definition) is 3. The third-order valence-electron chi connectivity index (χ3n) is 2.90. The summed E-state index contributed by atoms with van der Waals surface area (Å²) in [5.74, 6) is 0.493. The normalized spacial score (nSPS) is 15.5. The van der Waals surface area contributed by atoms with Gasteiger partial charge in [-0.15, -0.1) is 0 Å². The molecule has 0 aromatic carbocycles. The van der Waals surface area contributed by atoms with Crippen molar-refractivity contribution in [2.45, 2.75) is 44.3 Å². The fourth-order valence-corrected chi connectivity index (χ4v) is 2.53. The summed E-state index contributed by atoms with van der Waals surface area (Å²) >= 11 is 1.32. The van der Waals surface area contributed by atoms with Crippen LogP contribution in [0.5, 0.6) is 0 Å². The second-order valence-electron chi connectivity index (χ2n) is 4.86. The molecule has 0 spiro atoms. The minimum absolute atomic E-state index is 0.0826. The molecule has 0 radical (unpaired) electrons. The number of aromatic nitrogens is 2. The zero-order valence-electron chi connectivity index (χ0n) is 10.2. The second kappa shape index (κ2) is 5.12. The Morgan fingerprint density at radius 2 is 2.35 bits per heavy atom. The van der Waals surface area contributed by atoms with Gasteiger partial charge in [0.05, 0.1) is 5.75 Å². The highest BCUT2D eigenvalue weighted by Crippen LogP contribution is 2.34. The van der Waals surface area contributed by atoms with Crippen LogP contribution in [-0.2, 0) is 11.3 Å². The molecule has 0 saturated heterocycles. The largest absolute Gasteiger partial charge is 0.481 e. The fourth-order valence-electron chi connectivity index (χ4n) is 1.82. The molecule has 1 saturated carbocycles. The highest BCUT2D eigenvalue weighted by atomic mass is 32.2. The summed E-state index contributed by atoms with van der Waals surface area (Å²) in [6.07, 6.45) is 4.47. The van der Waals surface area contributed by atoms with Crippen LogP contribution in [0.1, 0.15) is 38.3 Å². The van der Waals surface area contributed by atoms with Crippen molar-refractivity contribution < 1.29 is 9.90 Å². The Balaban J connectivity index is 2.14. The predicted octanol–water partition coefficient (Wildman–Crippen LogP) is 2.59. The average molecular weight is 254 g/mol. The molecule has 5 heteroatoms. The topological polar surface area (TPSA) is 55.1 Å². The lowest BCUT2D eigenvalue weighted by molar-refractivity contribution is -0.133. The van der Waals surface area contributed by atoms with E-state index in [1.165, 1.54) is 30.3 Å². The second-order valence-corrected chi connectivity index (χ2v) is 5.80. The molecule has 0 amide bonds. The number of imidazole rings is 1. The van der Waals surface area contributed by atoms with E-state index in [-0.39, 0.29) is 5.75 Å². The van der Waals surface area contributed by atoms with Crippen molar-refractivity contribution >= 4 is 17.7 Å². The molecule has 0 atom stereocenters. The van der Waals surface area contributed by atoms with Gasteiger partial charge in [0, 0.05) is 18.4 Å². The van der Waals surface area contributed by atoms with Crippen LogP contribution in [0.4, 0.5) is 0 Å². The number of aliphatic carboxylic acids is 1. The van der Waals surface area contributed by atoms with Crippen LogP contribution in [0.3, 0.4) is 0 Å². The molecule has 1 aromatic rings. The highest BCUT2D eigenvalue weighted by Gasteiger charge is 2.25. The number of carboxylic acid groups (broad SMARTS) is 1. The minimum atomic E-state index is -0.790. The van der Waals surface area contributed by atoms with Gasteiger partial charge in [-0.05, 0) is 24.7 Å². The number of rotatable bonds is 6. The van der Waals surface area contributed by atoms with Gasteiger partial charge in [0.25, 0.3) is 0 Å². The summed E-state index contributed by atoms with van der Waals surface area (Å²) in [7, 11) is 0. The molecule has 94 valence electrons. The number of thioether (sulfide) groups is 1. The van der Waals surface area contributed by atoms with Gasteiger partial charge in [-0.3, -0.25) is 4.79 Å². The van der Waals surface area contributed by atoms with Crippen LogP contribution < -0.4 is 0 Å². The van der Waals surface area contributed by atoms with Crippen molar-refractivity contribution in [2.75, 3.05) is 5.75 Å². The Kier molecular flexibility index (Phi) is 3.76. The summed E-state index contributed by atoms with van der Waals surface area (Å²) in [4.78, 5) is 15.0. The first-order valence-electron chi connectivity index (χ1n) is 5.98. The molecule has 1 heterocycles. The fraction of sp³-hybridized carbons (Fsp3) is 0.667. The van der Waals surface area contributed by atoms with E-state index >= 15 is 0 Å². The minimum Gasteiger partial charge on any atom is -0.481 e. The van der Waals surface area contributed by atoms with E-state index in [0.717, 1.165) is 17.6 Å². The number of carbonyl (C=O) groups is 1. The zero-order valence-corrected chi connectivity index (χ0v) is 11.0. The van der Waals surface area contributed by atoms with Gasteiger partial charge in [0.2, 0.25) is 0 Å². The maximum Gasteiger partial charge on any atom is 0.313 e. The Labute approximate surface area is 105 Å². The van der Waals surface area contributed by atoms with Gasteiger partial charge in [0.15, 0.2) is 5.16 Å². The van der Waals surface area contributed by atoms with Crippen molar-refractivity contribution in [3.8, 4) is 0 Å². The van der Waals surface area contributed by atoms with Crippen molar-refractivity contribution in [1.29, 1.82) is 0 Å². The lowest BCUT2D eigenvalue weighted by Gasteiger charge is -2.12. The Bertz CT molecular complexity index is 411. The third kappa shape index (κ3) is 3.25. The molecule has 1 N–H and O–H groups in total. The summed E-state index contributed by atoms with van der Waals surface area (Å²) in [6, 6.07) is 0. The van der Waals surface area contributed by atoms with Gasteiger partial charge in [-0.25, -0.2) is 4.98 Å². The zero-order chi connectivity index (χ0) is 12.4. The van der Waals surface area contributed by atoms with Gasteiger partial charge < -0.3 is 9.67 Å². The summed E-state index contributed by atoms with van der Waals surface area (Å²) in [6.45, 7) is 5.29. The molecular formula is C12H18N2O2S. The van der Waals surface area contributed by atoms with Gasteiger partial charge in [0.1, 0.15) is 0 Å². The Hall–Kier alpha value is -0.970. The molecule has 1 aromatic heterocycles. The maximum atomic E-state index is 10.6. The molecule has 0 unspecified atom stereocenters. The van der Waals surface area contributed by atoms with Crippen molar-refractivity contribution in [3.05, 3.63) is 11.9 Å². The van der Waals surface area contributed by atoms with E-state index < -0.39 is 5.97 Å². The van der Waals surface area contributed by atoms with Crippen LogP contribution in [-0.4, -0.2) is 26.4 Å². The molecule has 1 aliphatic rings. The van der Waals surface area contributed by atoms with Gasteiger partial charge in [-0.1, -0.05) is 25.6 Å². The van der Waals surface area contributed by atoms with E-state index in [9.17, 15) is 4.79 Å². The Morgan fingerprint density at radius 1 is 1.65 bits per heavy atom. The van der Waals surface area contributed by atoms with Crippen LogP contribution in [0.15, 0.2) is 11.4 Å². The van der Waals surface area contributed by atoms with Crippen LogP contribution in [0, 0.1) is 5.92 Å². The SMILES string of the molecule is CC(C)c1cnc(SCC(=O)O)n1CC1CC1. The predicted molar refractivity (Wildman–Crippen MR) is 67.4 cm³/mol. The lowest BCUT2D eigenvalue weighted by Crippen LogP contribution is -2.08. The molecule has 1 aliphatic carbocycles. The van der Waals surface area contributed by atoms with Crippen molar-refractivity contribution in [1.82, 2.24) is 9.55 Å². The van der Waals surface area contributed by atoms with Crippen molar-refractivity contribution in [3.63, 3.8) is 0 Å². The molecule has 1 fully saturated rings. The first kappa shape index (κ1) is 12.5. The maximum absolute atomic E-state index is 10.6. The highest BCUT2D eigenvalue weighted by molar-refractivity contribution is 7.99. The number of hydrogen-bond donors (Lipinski definition) is 1. The van der Waals surface area contributed by atoms with E-state index in [2.05, 4.69) is 23.4 Å². The van der Waals surface area contributed by atoms with E-state index in [4.69, 9.17) is 5.11 Å². The first-order chi connectivity index (χ1) is 8.08.